The number of pyridine rings is 1. The van der Waals surface area contributed by atoms with Crippen LogP contribution in [0.5, 0.6) is 0 Å². The van der Waals surface area contributed by atoms with Crippen LogP contribution in [0.3, 0.4) is 0 Å². The Balaban J connectivity index is 1.82. The molecule has 0 bridgehead atoms. The predicted molar refractivity (Wildman–Crippen MR) is 112 cm³/mol. The largest absolute Gasteiger partial charge is 0.364 e. The molecule has 1 aromatic carbocycles. The summed E-state index contributed by atoms with van der Waals surface area (Å²) in [4.78, 5) is 28.2. The molecule has 4 rings (SSSR count). The number of carbonyl (C=O) groups is 2. The van der Waals surface area contributed by atoms with Crippen molar-refractivity contribution in [2.45, 2.75) is 13.5 Å². The molecular weight excluding hydrogens is 401 g/mol. The third-order valence-electron chi connectivity index (χ3n) is 4.72. The van der Waals surface area contributed by atoms with Crippen molar-refractivity contribution >= 4 is 23.1 Å². The van der Waals surface area contributed by atoms with Gasteiger partial charge in [-0.3, -0.25) is 9.59 Å². The Morgan fingerprint density at radius 2 is 1.84 bits per heavy atom. The number of hydrogen-bond acceptors (Lipinski definition) is 6. The van der Waals surface area contributed by atoms with Crippen LogP contribution in [-0.4, -0.2) is 31.4 Å². The van der Waals surface area contributed by atoms with Crippen molar-refractivity contribution in [1.29, 1.82) is 0 Å². The Morgan fingerprint density at radius 3 is 2.55 bits per heavy atom. The Labute approximate surface area is 175 Å². The average Bonchev–Trinajstić information content (AvgIpc) is 3.07. The summed E-state index contributed by atoms with van der Waals surface area (Å²) in [5.74, 6) is -1.56. The maximum absolute atomic E-state index is 13.5. The molecule has 31 heavy (non-hydrogen) atoms. The molecule has 0 aliphatic heterocycles. The van der Waals surface area contributed by atoms with Crippen molar-refractivity contribution in [2.75, 3.05) is 5.32 Å². The van der Waals surface area contributed by atoms with Crippen molar-refractivity contribution in [2.24, 2.45) is 11.5 Å². The Kier molecular flexibility index (Phi) is 5.04. The number of aryl methyl sites for hydroxylation is 1. The van der Waals surface area contributed by atoms with E-state index in [9.17, 15) is 14.0 Å². The number of benzene rings is 1. The van der Waals surface area contributed by atoms with Crippen LogP contribution in [0, 0.1) is 12.7 Å². The number of nitrogens with zero attached hydrogens (tertiary/aromatic N) is 4. The van der Waals surface area contributed by atoms with Gasteiger partial charge in [0.1, 0.15) is 11.5 Å². The minimum Gasteiger partial charge on any atom is -0.364 e. The number of primary amides is 2. The van der Waals surface area contributed by atoms with Gasteiger partial charge in [0, 0.05) is 12.1 Å². The fourth-order valence-corrected chi connectivity index (χ4v) is 3.37. The second kappa shape index (κ2) is 7.82. The predicted octanol–water partition coefficient (Wildman–Crippen LogP) is 2.05. The highest BCUT2D eigenvalue weighted by atomic mass is 19.1. The van der Waals surface area contributed by atoms with Gasteiger partial charge in [0.2, 0.25) is 5.82 Å². The summed E-state index contributed by atoms with van der Waals surface area (Å²) in [7, 11) is 0. The molecule has 0 atom stereocenters. The molecule has 0 saturated heterocycles. The Hall–Kier alpha value is -4.34. The van der Waals surface area contributed by atoms with Gasteiger partial charge in [-0.15, -0.1) is 10.2 Å². The average molecular weight is 419 g/mol. The first-order chi connectivity index (χ1) is 14.8. The minimum atomic E-state index is -0.817. The molecule has 0 spiro atoms. The van der Waals surface area contributed by atoms with Crippen LogP contribution in [0.2, 0.25) is 0 Å². The summed E-state index contributed by atoms with van der Waals surface area (Å²) < 4.78 is 15.1. The number of nitrogens with two attached hydrogens (primary N) is 2. The quantitative estimate of drug-likeness (QED) is 0.437. The van der Waals surface area contributed by atoms with Gasteiger partial charge in [-0.05, 0) is 48.4 Å². The monoisotopic (exact) mass is 419 g/mol. The van der Waals surface area contributed by atoms with Crippen LogP contribution >= 0.6 is 0 Å². The highest BCUT2D eigenvalue weighted by Crippen LogP contribution is 2.27. The molecule has 0 radical (unpaired) electrons. The van der Waals surface area contributed by atoms with E-state index in [-0.39, 0.29) is 35.4 Å². The summed E-state index contributed by atoms with van der Waals surface area (Å²) in [6.45, 7) is 2.01. The van der Waals surface area contributed by atoms with Gasteiger partial charge in [0.25, 0.3) is 11.8 Å². The number of amides is 2. The first kappa shape index (κ1) is 20.0. The molecule has 3 aromatic heterocycles. The lowest BCUT2D eigenvalue weighted by atomic mass is 10.2. The van der Waals surface area contributed by atoms with Crippen molar-refractivity contribution in [3.8, 4) is 11.5 Å². The first-order valence-corrected chi connectivity index (χ1v) is 9.29. The van der Waals surface area contributed by atoms with E-state index in [1.54, 1.807) is 28.7 Å². The molecule has 156 valence electrons. The molecule has 2 amide bonds. The van der Waals surface area contributed by atoms with E-state index in [0.717, 1.165) is 11.1 Å². The number of anilines is 1. The van der Waals surface area contributed by atoms with Gasteiger partial charge < -0.3 is 21.2 Å². The highest BCUT2D eigenvalue weighted by molar-refractivity contribution is 5.96. The number of halogens is 1. The van der Waals surface area contributed by atoms with Crippen molar-refractivity contribution in [3.63, 3.8) is 0 Å². The van der Waals surface area contributed by atoms with E-state index in [1.807, 2.05) is 19.1 Å². The summed E-state index contributed by atoms with van der Waals surface area (Å²) in [6, 6.07) is 13.0. The van der Waals surface area contributed by atoms with Crippen LogP contribution in [0.4, 0.5) is 10.2 Å². The van der Waals surface area contributed by atoms with Gasteiger partial charge in [0.05, 0.1) is 5.69 Å². The number of fused-ring (bicyclic) bond motifs is 1. The lowest BCUT2D eigenvalue weighted by Gasteiger charge is -2.11. The van der Waals surface area contributed by atoms with Gasteiger partial charge in [-0.2, -0.15) is 0 Å². The first-order valence-electron chi connectivity index (χ1n) is 9.29. The maximum atomic E-state index is 13.5. The topological polar surface area (TPSA) is 141 Å². The standard InChI is InChI=1S/C21H18FN7O2/c1-11-8-14-6-3-7-15(18(23)30)29(14)17(11)21-26-20(16(19(24)31)27-28-21)25-10-12-4-2-5-13(22)9-12/h2-9H,10H2,1H3,(H2,23,30)(H2,24,31)(H,25,26,28). The second-order valence-electron chi connectivity index (χ2n) is 6.89. The number of hydrogen-bond donors (Lipinski definition) is 3. The zero-order valence-corrected chi connectivity index (χ0v) is 16.5. The third-order valence-corrected chi connectivity index (χ3v) is 4.72. The van der Waals surface area contributed by atoms with E-state index in [0.29, 0.717) is 11.3 Å². The molecule has 0 unspecified atom stereocenters. The van der Waals surface area contributed by atoms with E-state index >= 15 is 0 Å². The smallest absolute Gasteiger partial charge is 0.273 e. The number of aromatic nitrogens is 4. The van der Waals surface area contributed by atoms with E-state index < -0.39 is 11.8 Å². The molecule has 3 heterocycles. The fourth-order valence-electron chi connectivity index (χ4n) is 3.37. The van der Waals surface area contributed by atoms with E-state index in [2.05, 4.69) is 20.5 Å². The number of nitrogens with one attached hydrogen (secondary N) is 1. The maximum Gasteiger partial charge on any atom is 0.273 e. The van der Waals surface area contributed by atoms with Gasteiger partial charge in [-0.25, -0.2) is 9.37 Å². The van der Waals surface area contributed by atoms with Gasteiger partial charge in [-0.1, -0.05) is 18.2 Å². The zero-order valence-electron chi connectivity index (χ0n) is 16.5. The normalized spacial score (nSPS) is 10.9. The molecule has 5 N–H and O–H groups in total. The third kappa shape index (κ3) is 3.78. The second-order valence-corrected chi connectivity index (χ2v) is 6.89. The number of carbonyl (C=O) groups excluding carboxylic acids is 2. The summed E-state index contributed by atoms with van der Waals surface area (Å²) in [5, 5.41) is 10.9. The lowest BCUT2D eigenvalue weighted by molar-refractivity contribution is 0.0986. The van der Waals surface area contributed by atoms with Crippen molar-refractivity contribution in [1.82, 2.24) is 19.6 Å². The fraction of sp³-hybridized carbons (Fsp3) is 0.0952. The molecular formula is C21H18FN7O2. The molecule has 4 aromatic rings. The van der Waals surface area contributed by atoms with E-state index in [1.165, 1.54) is 12.1 Å². The molecule has 0 aliphatic carbocycles. The van der Waals surface area contributed by atoms with E-state index in [4.69, 9.17) is 11.5 Å². The van der Waals surface area contributed by atoms with Crippen LogP contribution in [-0.2, 0) is 6.54 Å². The molecule has 0 aliphatic rings. The highest BCUT2D eigenvalue weighted by Gasteiger charge is 2.20. The van der Waals surface area contributed by atoms with Crippen LogP contribution < -0.4 is 16.8 Å². The Morgan fingerprint density at radius 1 is 1.06 bits per heavy atom. The van der Waals surface area contributed by atoms with Crippen LogP contribution in [0.25, 0.3) is 17.0 Å². The van der Waals surface area contributed by atoms with Gasteiger partial charge in [0.15, 0.2) is 11.5 Å². The molecule has 9 nitrogen and oxygen atoms in total. The van der Waals surface area contributed by atoms with Gasteiger partial charge >= 0.3 is 0 Å². The number of rotatable bonds is 6. The summed E-state index contributed by atoms with van der Waals surface area (Å²) in [6.07, 6.45) is 0. The van der Waals surface area contributed by atoms with Crippen molar-refractivity contribution < 1.29 is 14.0 Å². The summed E-state index contributed by atoms with van der Waals surface area (Å²) in [5.41, 5.74) is 13.7. The molecule has 0 fully saturated rings. The van der Waals surface area contributed by atoms with Crippen LogP contribution in [0.1, 0.15) is 32.1 Å². The van der Waals surface area contributed by atoms with Crippen molar-refractivity contribution in [3.05, 3.63) is 76.9 Å². The minimum absolute atomic E-state index is 0.0904. The Bertz CT molecular complexity index is 1330. The van der Waals surface area contributed by atoms with Crippen LogP contribution in [0.15, 0.2) is 48.5 Å². The SMILES string of the molecule is Cc1cc2cccc(C(N)=O)n2c1-c1nnc(C(N)=O)c(NCc2cccc(F)c2)n1. The zero-order chi connectivity index (χ0) is 22.1. The summed E-state index contributed by atoms with van der Waals surface area (Å²) >= 11 is 0. The molecule has 10 heteroatoms. The lowest BCUT2D eigenvalue weighted by Crippen LogP contribution is -2.20. The molecule has 0 saturated carbocycles.